The predicted octanol–water partition coefficient (Wildman–Crippen LogP) is 13.5. The van der Waals surface area contributed by atoms with Crippen LogP contribution in [0.1, 0.15) is 220 Å². The van der Waals surface area contributed by atoms with Crippen LogP contribution in [0.25, 0.3) is 0 Å². The molecule has 0 saturated heterocycles. The maximum atomic E-state index is 6.24. The van der Waals surface area contributed by atoms with E-state index in [-0.39, 0.29) is 0 Å². The molecule has 0 rings (SSSR count). The van der Waals surface area contributed by atoms with Crippen molar-refractivity contribution in [1.82, 2.24) is 0 Å². The maximum Gasteiger partial charge on any atom is 0.279 e. The molecule has 0 heterocycles. The highest BCUT2D eigenvalue weighted by molar-refractivity contribution is 4.55. The summed E-state index contributed by atoms with van der Waals surface area (Å²) >= 11 is 0. The molecular formula is C38H78O3. The fraction of sp³-hybridized carbons (Fsp3) is 1.00. The van der Waals surface area contributed by atoms with Gasteiger partial charge in [-0.1, -0.05) is 194 Å². The Bertz CT molecular complexity index is 402. The molecule has 0 aromatic carbocycles. The Balaban J connectivity index is 4.06. The van der Waals surface area contributed by atoms with Crippen LogP contribution in [0.3, 0.4) is 0 Å². The number of unbranched alkanes of at least 4 members (excludes halogenated alkanes) is 27. The Morgan fingerprint density at radius 2 is 0.439 bits per heavy atom. The van der Waals surface area contributed by atoms with Gasteiger partial charge in [0, 0.05) is 6.92 Å². The maximum absolute atomic E-state index is 6.24. The van der Waals surface area contributed by atoms with Crippen molar-refractivity contribution < 1.29 is 14.2 Å². The molecule has 0 aliphatic rings. The second kappa shape index (κ2) is 34.4. The zero-order valence-electron chi connectivity index (χ0n) is 29.1. The van der Waals surface area contributed by atoms with Crippen LogP contribution >= 0.6 is 0 Å². The average Bonchev–Trinajstić information content (AvgIpc) is 2.97. The van der Waals surface area contributed by atoms with Crippen molar-refractivity contribution in [3.63, 3.8) is 0 Å². The molecule has 0 unspecified atom stereocenters. The molecule has 0 aliphatic heterocycles. The Hall–Kier alpha value is -0.120. The van der Waals surface area contributed by atoms with Crippen LogP contribution in [0.15, 0.2) is 0 Å². The molecule has 0 atom stereocenters. The van der Waals surface area contributed by atoms with E-state index in [9.17, 15) is 0 Å². The van der Waals surface area contributed by atoms with E-state index < -0.39 is 5.97 Å². The van der Waals surface area contributed by atoms with Crippen LogP contribution in [-0.2, 0) is 14.2 Å². The first-order valence-corrected chi connectivity index (χ1v) is 19.1. The molecule has 0 bridgehead atoms. The minimum atomic E-state index is -0.877. The highest BCUT2D eigenvalue weighted by Crippen LogP contribution is 2.20. The molecule has 41 heavy (non-hydrogen) atoms. The normalized spacial score (nSPS) is 12.0. The molecule has 248 valence electrons. The SMILES string of the molecule is CCCCCCCCCCCCOC(C)(OCCCCCCCCCCCC)OCCCCCCCCCCCC. The highest BCUT2D eigenvalue weighted by atomic mass is 16.9. The van der Waals surface area contributed by atoms with Crippen LogP contribution in [0.4, 0.5) is 0 Å². The molecule has 0 fully saturated rings. The van der Waals surface area contributed by atoms with Gasteiger partial charge in [0.15, 0.2) is 0 Å². The lowest BCUT2D eigenvalue weighted by Gasteiger charge is -2.30. The molecule has 0 saturated carbocycles. The molecule has 0 spiro atoms. The topological polar surface area (TPSA) is 27.7 Å². The lowest BCUT2D eigenvalue weighted by Crippen LogP contribution is -2.37. The third-order valence-electron chi connectivity index (χ3n) is 8.59. The minimum absolute atomic E-state index is 0.739. The zero-order valence-corrected chi connectivity index (χ0v) is 29.1. The first-order chi connectivity index (χ1) is 20.2. The Kier molecular flexibility index (Phi) is 34.3. The summed E-state index contributed by atoms with van der Waals surface area (Å²) in [5.74, 6) is -0.877. The molecule has 3 heteroatoms. The van der Waals surface area contributed by atoms with Crippen molar-refractivity contribution in [3.05, 3.63) is 0 Å². The van der Waals surface area contributed by atoms with E-state index in [0.29, 0.717) is 0 Å². The summed E-state index contributed by atoms with van der Waals surface area (Å²) in [5, 5.41) is 0. The van der Waals surface area contributed by atoms with Crippen LogP contribution in [0.5, 0.6) is 0 Å². The monoisotopic (exact) mass is 583 g/mol. The largest absolute Gasteiger partial charge is 0.328 e. The van der Waals surface area contributed by atoms with E-state index in [1.54, 1.807) is 0 Å². The van der Waals surface area contributed by atoms with Crippen LogP contribution in [0, 0.1) is 0 Å². The zero-order chi connectivity index (χ0) is 30.0. The molecule has 0 amide bonds. The van der Waals surface area contributed by atoms with Crippen molar-refractivity contribution in [2.24, 2.45) is 0 Å². The molecule has 0 radical (unpaired) electrons. The van der Waals surface area contributed by atoms with Gasteiger partial charge in [-0.25, -0.2) is 0 Å². The van der Waals surface area contributed by atoms with Crippen molar-refractivity contribution in [2.45, 2.75) is 226 Å². The van der Waals surface area contributed by atoms with Crippen molar-refractivity contribution in [1.29, 1.82) is 0 Å². The third-order valence-corrected chi connectivity index (χ3v) is 8.59. The van der Waals surface area contributed by atoms with Crippen molar-refractivity contribution in [3.8, 4) is 0 Å². The van der Waals surface area contributed by atoms with Gasteiger partial charge in [-0.3, -0.25) is 0 Å². The molecule has 0 aliphatic carbocycles. The lowest BCUT2D eigenvalue weighted by molar-refractivity contribution is -0.370. The summed E-state index contributed by atoms with van der Waals surface area (Å²) in [7, 11) is 0. The number of hydrogen-bond donors (Lipinski definition) is 0. The lowest BCUT2D eigenvalue weighted by atomic mass is 10.1. The number of hydrogen-bond acceptors (Lipinski definition) is 3. The van der Waals surface area contributed by atoms with Crippen LogP contribution in [-0.4, -0.2) is 25.8 Å². The number of ether oxygens (including phenoxy) is 3. The Labute approximate surface area is 260 Å². The molecule has 0 N–H and O–H groups in total. The van der Waals surface area contributed by atoms with E-state index in [0.717, 1.165) is 39.1 Å². The van der Waals surface area contributed by atoms with E-state index in [1.807, 2.05) is 6.92 Å². The summed E-state index contributed by atoms with van der Waals surface area (Å²) < 4.78 is 18.7. The van der Waals surface area contributed by atoms with Gasteiger partial charge in [0.25, 0.3) is 5.97 Å². The Morgan fingerprint density at radius 3 is 0.634 bits per heavy atom. The smallest absolute Gasteiger partial charge is 0.279 e. The molecule has 3 nitrogen and oxygen atoms in total. The second-order valence-electron chi connectivity index (χ2n) is 13.0. The molecule has 0 aromatic rings. The Morgan fingerprint density at radius 1 is 0.268 bits per heavy atom. The quantitative estimate of drug-likeness (QED) is 0.0543. The number of rotatable bonds is 36. The first-order valence-electron chi connectivity index (χ1n) is 19.1. The van der Waals surface area contributed by atoms with Crippen molar-refractivity contribution in [2.75, 3.05) is 19.8 Å². The summed E-state index contributed by atoms with van der Waals surface area (Å²) in [4.78, 5) is 0. The van der Waals surface area contributed by atoms with Gasteiger partial charge in [-0.2, -0.15) is 0 Å². The van der Waals surface area contributed by atoms with Gasteiger partial charge in [-0.15, -0.1) is 0 Å². The highest BCUT2D eigenvalue weighted by Gasteiger charge is 2.26. The van der Waals surface area contributed by atoms with Gasteiger partial charge in [0.1, 0.15) is 0 Å². The van der Waals surface area contributed by atoms with E-state index in [2.05, 4.69) is 20.8 Å². The fourth-order valence-electron chi connectivity index (χ4n) is 5.67. The fourth-order valence-corrected chi connectivity index (χ4v) is 5.67. The molecule has 0 aromatic heterocycles. The summed E-state index contributed by atoms with van der Waals surface area (Å²) in [5.41, 5.74) is 0. The van der Waals surface area contributed by atoms with Gasteiger partial charge < -0.3 is 14.2 Å². The van der Waals surface area contributed by atoms with Crippen LogP contribution < -0.4 is 0 Å². The van der Waals surface area contributed by atoms with E-state index in [4.69, 9.17) is 14.2 Å². The third kappa shape index (κ3) is 32.6. The van der Waals surface area contributed by atoms with E-state index in [1.165, 1.54) is 173 Å². The second-order valence-corrected chi connectivity index (χ2v) is 13.0. The summed E-state index contributed by atoms with van der Waals surface area (Å²) in [6.07, 6.45) is 40.3. The predicted molar refractivity (Wildman–Crippen MR) is 182 cm³/mol. The van der Waals surface area contributed by atoms with Gasteiger partial charge in [-0.05, 0) is 19.3 Å². The standard InChI is InChI=1S/C38H78O3/c1-5-8-11-14-17-20-23-26-29-32-35-39-38(4,40-36-33-30-27-24-21-18-15-12-9-6-2)41-37-34-31-28-25-22-19-16-13-10-7-3/h5-37H2,1-4H3. The minimum Gasteiger partial charge on any atom is -0.328 e. The van der Waals surface area contributed by atoms with Gasteiger partial charge in [0.2, 0.25) is 0 Å². The van der Waals surface area contributed by atoms with Crippen molar-refractivity contribution >= 4 is 0 Å². The summed E-state index contributed by atoms with van der Waals surface area (Å²) in [6.45, 7) is 11.1. The summed E-state index contributed by atoms with van der Waals surface area (Å²) in [6, 6.07) is 0. The average molecular weight is 583 g/mol. The molecular weight excluding hydrogens is 504 g/mol. The van der Waals surface area contributed by atoms with Gasteiger partial charge >= 0.3 is 0 Å². The first kappa shape index (κ1) is 40.9. The van der Waals surface area contributed by atoms with E-state index >= 15 is 0 Å². The van der Waals surface area contributed by atoms with Crippen LogP contribution in [0.2, 0.25) is 0 Å². The van der Waals surface area contributed by atoms with Gasteiger partial charge in [0.05, 0.1) is 19.8 Å².